The Kier molecular flexibility index (Phi) is 6.91. The molecule has 1 aliphatic rings. The lowest BCUT2D eigenvalue weighted by molar-refractivity contribution is -0.121. The van der Waals surface area contributed by atoms with Crippen molar-refractivity contribution in [2.45, 2.75) is 33.2 Å². The Bertz CT molecular complexity index is 942. The smallest absolute Gasteiger partial charge is 0.221 e. The van der Waals surface area contributed by atoms with Crippen molar-refractivity contribution in [2.24, 2.45) is 7.05 Å². The molecule has 3 rings (SSSR count). The Morgan fingerprint density at radius 2 is 1.93 bits per heavy atom. The van der Waals surface area contributed by atoms with Crippen LogP contribution in [-0.2, 0) is 28.4 Å². The van der Waals surface area contributed by atoms with Crippen LogP contribution >= 0.6 is 0 Å². The number of fused-ring (bicyclic) bond motifs is 1. The highest BCUT2D eigenvalue weighted by Crippen LogP contribution is 2.16. The molecule has 11 heteroatoms. The van der Waals surface area contributed by atoms with Crippen LogP contribution in [0, 0.1) is 6.92 Å². The Balaban J connectivity index is 1.37. The monoisotopic (exact) mass is 425 g/mol. The molecule has 0 saturated carbocycles. The molecule has 0 spiro atoms. The summed E-state index contributed by atoms with van der Waals surface area (Å²) in [5, 5.41) is 11.7. The van der Waals surface area contributed by atoms with Gasteiger partial charge in [-0.2, -0.15) is 14.5 Å². The fraction of sp³-hybridized carbons (Fsp3) is 0.722. The number of carbonyl (C=O) groups excluding carboxylic acids is 1. The lowest BCUT2D eigenvalue weighted by atomic mass is 10.3. The van der Waals surface area contributed by atoms with Crippen molar-refractivity contribution in [3.8, 4) is 0 Å². The summed E-state index contributed by atoms with van der Waals surface area (Å²) in [7, 11) is -1.23. The van der Waals surface area contributed by atoms with Crippen LogP contribution in [0.15, 0.2) is 6.20 Å². The molecule has 0 unspecified atom stereocenters. The summed E-state index contributed by atoms with van der Waals surface area (Å²) in [6.07, 6.45) is 2.76. The number of amides is 1. The van der Waals surface area contributed by atoms with Crippen LogP contribution in [0.25, 0.3) is 11.0 Å². The van der Waals surface area contributed by atoms with Crippen LogP contribution in [0.1, 0.15) is 25.5 Å². The van der Waals surface area contributed by atoms with Crippen LogP contribution in [0.4, 0.5) is 0 Å². The first-order chi connectivity index (χ1) is 13.8. The van der Waals surface area contributed by atoms with Gasteiger partial charge < -0.3 is 5.32 Å². The minimum Gasteiger partial charge on any atom is -0.355 e. The number of hydrogen-bond acceptors (Lipinski definition) is 6. The van der Waals surface area contributed by atoms with Gasteiger partial charge in [-0.15, -0.1) is 0 Å². The van der Waals surface area contributed by atoms with E-state index in [-0.39, 0.29) is 11.7 Å². The third-order valence-corrected chi connectivity index (χ3v) is 7.38. The Morgan fingerprint density at radius 1 is 1.21 bits per heavy atom. The lowest BCUT2D eigenvalue weighted by Crippen LogP contribution is -2.50. The molecule has 1 N–H and O–H groups in total. The number of carbonyl (C=O) groups is 1. The first-order valence-corrected chi connectivity index (χ1v) is 11.7. The van der Waals surface area contributed by atoms with Crippen molar-refractivity contribution in [2.75, 3.05) is 45.0 Å². The molecular formula is C18H31N7O3S. The highest BCUT2D eigenvalue weighted by Gasteiger charge is 2.25. The van der Waals surface area contributed by atoms with Crippen molar-refractivity contribution in [1.29, 1.82) is 0 Å². The number of nitrogens with zero attached hydrogens (tertiary/aromatic N) is 6. The van der Waals surface area contributed by atoms with Crippen LogP contribution < -0.4 is 5.32 Å². The van der Waals surface area contributed by atoms with Gasteiger partial charge in [0.15, 0.2) is 0 Å². The summed E-state index contributed by atoms with van der Waals surface area (Å²) in [5.41, 5.74) is 2.83. The van der Waals surface area contributed by atoms with Crippen molar-refractivity contribution in [3.05, 3.63) is 11.9 Å². The van der Waals surface area contributed by atoms with Gasteiger partial charge in [-0.05, 0) is 13.3 Å². The molecule has 1 aliphatic heterocycles. The molecule has 0 bridgehead atoms. The zero-order chi connectivity index (χ0) is 21.0. The van der Waals surface area contributed by atoms with Crippen molar-refractivity contribution in [1.82, 2.24) is 34.1 Å². The van der Waals surface area contributed by atoms with E-state index in [1.54, 1.807) is 15.2 Å². The average molecular weight is 426 g/mol. The van der Waals surface area contributed by atoms with Crippen molar-refractivity contribution < 1.29 is 13.2 Å². The number of rotatable bonds is 9. The van der Waals surface area contributed by atoms with Crippen LogP contribution in [-0.4, -0.2) is 88.1 Å². The summed E-state index contributed by atoms with van der Waals surface area (Å²) < 4.78 is 29.4. The van der Waals surface area contributed by atoms with E-state index < -0.39 is 10.0 Å². The summed E-state index contributed by atoms with van der Waals surface area (Å²) >= 11 is 0. The van der Waals surface area contributed by atoms with Gasteiger partial charge in [0.1, 0.15) is 11.0 Å². The number of nitrogens with one attached hydrogen (secondary N) is 1. The molecule has 2 aromatic heterocycles. The molecule has 1 saturated heterocycles. The zero-order valence-corrected chi connectivity index (χ0v) is 18.3. The number of sulfonamides is 1. The van der Waals surface area contributed by atoms with Crippen molar-refractivity contribution >= 4 is 27.0 Å². The molecule has 162 valence electrons. The highest BCUT2D eigenvalue weighted by molar-refractivity contribution is 7.89. The van der Waals surface area contributed by atoms with Gasteiger partial charge >= 0.3 is 0 Å². The largest absolute Gasteiger partial charge is 0.355 e. The quantitative estimate of drug-likeness (QED) is 0.604. The van der Waals surface area contributed by atoms with E-state index in [4.69, 9.17) is 0 Å². The Hall–Kier alpha value is -1.98. The van der Waals surface area contributed by atoms with Crippen molar-refractivity contribution in [3.63, 3.8) is 0 Å². The van der Waals surface area contributed by atoms with E-state index in [1.165, 1.54) is 0 Å². The maximum Gasteiger partial charge on any atom is 0.221 e. The van der Waals surface area contributed by atoms with E-state index >= 15 is 0 Å². The second-order valence-corrected chi connectivity index (χ2v) is 9.56. The lowest BCUT2D eigenvalue weighted by Gasteiger charge is -2.33. The van der Waals surface area contributed by atoms with Gasteiger partial charge in [-0.3, -0.25) is 19.1 Å². The molecule has 0 atom stereocenters. The van der Waals surface area contributed by atoms with E-state index in [1.807, 2.05) is 25.6 Å². The summed E-state index contributed by atoms with van der Waals surface area (Å²) in [6.45, 7) is 8.05. The molecule has 2 aromatic rings. The first kappa shape index (κ1) is 21.7. The fourth-order valence-corrected chi connectivity index (χ4v) is 5.24. The zero-order valence-electron chi connectivity index (χ0n) is 17.5. The Labute approximate surface area is 171 Å². The highest BCUT2D eigenvalue weighted by atomic mass is 32.2. The van der Waals surface area contributed by atoms with Gasteiger partial charge in [0, 0.05) is 52.7 Å². The van der Waals surface area contributed by atoms with E-state index in [0.29, 0.717) is 52.1 Å². The minimum atomic E-state index is -3.11. The average Bonchev–Trinajstić information content (AvgIpc) is 3.22. The normalized spacial score (nSPS) is 16.5. The molecule has 0 radical (unpaired) electrons. The standard InChI is InChI=1S/C18H31N7O3S/c1-4-13-29(27,28)24-11-9-23(10-12-24)8-6-19-17(26)5-7-25-18-15(2)21-22(3)16(18)14-20-25/h14H,4-13H2,1-3H3,(H,19,26). The molecule has 0 aromatic carbocycles. The van der Waals surface area contributed by atoms with Gasteiger partial charge in [-0.1, -0.05) is 6.92 Å². The fourth-order valence-electron chi connectivity index (χ4n) is 3.75. The first-order valence-electron chi connectivity index (χ1n) is 10.1. The van der Waals surface area contributed by atoms with E-state index in [2.05, 4.69) is 20.4 Å². The van der Waals surface area contributed by atoms with E-state index in [9.17, 15) is 13.2 Å². The second-order valence-electron chi connectivity index (χ2n) is 7.47. The van der Waals surface area contributed by atoms with Gasteiger partial charge in [0.2, 0.25) is 15.9 Å². The van der Waals surface area contributed by atoms with Crippen LogP contribution in [0.3, 0.4) is 0 Å². The number of aromatic nitrogens is 4. The molecule has 29 heavy (non-hydrogen) atoms. The summed E-state index contributed by atoms with van der Waals surface area (Å²) in [5.74, 6) is 0.198. The van der Waals surface area contributed by atoms with Gasteiger partial charge in [0.05, 0.1) is 24.2 Å². The van der Waals surface area contributed by atoms with Crippen LogP contribution in [0.2, 0.25) is 0 Å². The summed E-state index contributed by atoms with van der Waals surface area (Å²) in [6, 6.07) is 0. The molecular weight excluding hydrogens is 394 g/mol. The van der Waals surface area contributed by atoms with E-state index in [0.717, 1.165) is 23.3 Å². The van der Waals surface area contributed by atoms with Gasteiger partial charge in [-0.25, -0.2) is 8.42 Å². The maximum atomic E-state index is 12.2. The predicted molar refractivity (Wildman–Crippen MR) is 111 cm³/mol. The SMILES string of the molecule is CCCS(=O)(=O)N1CCN(CCNC(=O)CCn2ncc3c2c(C)nn3C)CC1. The number of aryl methyl sites for hydroxylation is 3. The molecule has 10 nitrogen and oxygen atoms in total. The topological polar surface area (TPSA) is 105 Å². The molecule has 0 aliphatic carbocycles. The summed E-state index contributed by atoms with van der Waals surface area (Å²) in [4.78, 5) is 14.4. The molecule has 3 heterocycles. The number of hydrogen-bond donors (Lipinski definition) is 1. The minimum absolute atomic E-state index is 0.0145. The third kappa shape index (κ3) is 5.14. The third-order valence-electron chi connectivity index (χ3n) is 5.30. The molecule has 1 amide bonds. The van der Waals surface area contributed by atoms with Crippen LogP contribution in [0.5, 0.6) is 0 Å². The predicted octanol–water partition coefficient (Wildman–Crippen LogP) is -0.0581. The number of piperazine rings is 1. The maximum absolute atomic E-state index is 12.2. The van der Waals surface area contributed by atoms with Gasteiger partial charge in [0.25, 0.3) is 0 Å². The second kappa shape index (κ2) is 9.23. The Morgan fingerprint density at radius 3 is 2.62 bits per heavy atom. The molecule has 1 fully saturated rings.